The minimum absolute atomic E-state index is 0.0276. The van der Waals surface area contributed by atoms with Crippen molar-refractivity contribution >= 4 is 6.08 Å². The van der Waals surface area contributed by atoms with Gasteiger partial charge in [0.05, 0.1) is 7.11 Å². The van der Waals surface area contributed by atoms with E-state index in [1.807, 2.05) is 24.3 Å². The Morgan fingerprint density at radius 3 is 2.58 bits per heavy atom. The van der Waals surface area contributed by atoms with Gasteiger partial charge in [0.2, 0.25) is 0 Å². The number of rotatable bonds is 2. The van der Waals surface area contributed by atoms with Gasteiger partial charge < -0.3 is 9.47 Å². The highest BCUT2D eigenvalue weighted by Gasteiger charge is 2.16. The Kier molecular flexibility index (Phi) is 3.00. The van der Waals surface area contributed by atoms with Crippen molar-refractivity contribution < 1.29 is 9.47 Å². The lowest BCUT2D eigenvalue weighted by atomic mass is 10.0. The van der Waals surface area contributed by atoms with Crippen molar-refractivity contribution in [2.24, 2.45) is 0 Å². The van der Waals surface area contributed by atoms with E-state index in [0.29, 0.717) is 0 Å². The molecule has 19 heavy (non-hydrogen) atoms. The molecule has 0 radical (unpaired) electrons. The summed E-state index contributed by atoms with van der Waals surface area (Å²) in [5.74, 6) is 1.81. The van der Waals surface area contributed by atoms with Crippen molar-refractivity contribution in [3.8, 4) is 11.5 Å². The molecule has 2 heteroatoms. The first kappa shape index (κ1) is 11.8. The molecule has 96 valence electrons. The van der Waals surface area contributed by atoms with Gasteiger partial charge in [-0.25, -0.2) is 0 Å². The van der Waals surface area contributed by atoms with Gasteiger partial charge in [0.15, 0.2) is 0 Å². The number of hydrogen-bond donors (Lipinski definition) is 0. The normalized spacial score (nSPS) is 16.6. The second-order valence-corrected chi connectivity index (χ2v) is 4.71. The van der Waals surface area contributed by atoms with Gasteiger partial charge >= 0.3 is 0 Å². The molecule has 0 saturated heterocycles. The van der Waals surface area contributed by atoms with E-state index in [1.165, 1.54) is 5.56 Å². The van der Waals surface area contributed by atoms with Crippen LogP contribution in [0.15, 0.2) is 48.5 Å². The number of ether oxygens (including phenoxy) is 2. The van der Waals surface area contributed by atoms with Crippen molar-refractivity contribution in [3.05, 3.63) is 65.2 Å². The van der Waals surface area contributed by atoms with E-state index in [0.717, 1.165) is 22.6 Å². The van der Waals surface area contributed by atoms with Crippen LogP contribution in [0.25, 0.3) is 6.08 Å². The zero-order valence-corrected chi connectivity index (χ0v) is 11.1. The number of fused-ring (bicyclic) bond motifs is 1. The Balaban J connectivity index is 1.88. The minimum atomic E-state index is -0.0276. The van der Waals surface area contributed by atoms with E-state index in [4.69, 9.17) is 9.47 Å². The molecule has 0 aliphatic carbocycles. The summed E-state index contributed by atoms with van der Waals surface area (Å²) >= 11 is 0. The zero-order chi connectivity index (χ0) is 13.2. The summed E-state index contributed by atoms with van der Waals surface area (Å²) in [4.78, 5) is 0. The summed E-state index contributed by atoms with van der Waals surface area (Å²) in [6.07, 6.45) is 4.17. The third-order valence-electron chi connectivity index (χ3n) is 3.32. The summed E-state index contributed by atoms with van der Waals surface area (Å²) in [5.41, 5.74) is 3.47. The molecule has 0 amide bonds. The first-order valence-corrected chi connectivity index (χ1v) is 6.36. The highest BCUT2D eigenvalue weighted by Crippen LogP contribution is 2.33. The van der Waals surface area contributed by atoms with Gasteiger partial charge in [-0.1, -0.05) is 30.3 Å². The molecule has 0 saturated carbocycles. The molecule has 0 spiro atoms. The molecule has 2 aromatic rings. The minimum Gasteiger partial charge on any atom is -0.497 e. The standard InChI is InChI=1S/C17H16O2/c1-12-3-4-14-7-10-16(19-17(14)11-12)13-5-8-15(18-2)9-6-13/h3-11,16H,1-2H3/t16-/m1/s1. The van der Waals surface area contributed by atoms with Crippen LogP contribution in [0, 0.1) is 6.92 Å². The maximum Gasteiger partial charge on any atom is 0.142 e. The largest absolute Gasteiger partial charge is 0.497 e. The highest BCUT2D eigenvalue weighted by atomic mass is 16.5. The number of benzene rings is 2. The van der Waals surface area contributed by atoms with Crippen molar-refractivity contribution in [2.75, 3.05) is 7.11 Å². The van der Waals surface area contributed by atoms with Gasteiger partial charge in [-0.05, 0) is 42.3 Å². The monoisotopic (exact) mass is 252 g/mol. The van der Waals surface area contributed by atoms with Gasteiger partial charge in [0.1, 0.15) is 17.6 Å². The molecule has 2 nitrogen and oxygen atoms in total. The SMILES string of the molecule is COc1ccc([C@H]2C=Cc3ccc(C)cc3O2)cc1. The van der Waals surface area contributed by atoms with E-state index in [9.17, 15) is 0 Å². The summed E-state index contributed by atoms with van der Waals surface area (Å²) in [6, 6.07) is 14.3. The lowest BCUT2D eigenvalue weighted by molar-refractivity contribution is 0.251. The molecule has 0 bridgehead atoms. The molecule has 0 unspecified atom stereocenters. The van der Waals surface area contributed by atoms with E-state index < -0.39 is 0 Å². The molecule has 0 N–H and O–H groups in total. The maximum absolute atomic E-state index is 6.04. The molecule has 1 aliphatic rings. The number of aryl methyl sites for hydroxylation is 1. The van der Waals surface area contributed by atoms with Crippen molar-refractivity contribution in [2.45, 2.75) is 13.0 Å². The Labute approximate surface area is 113 Å². The third kappa shape index (κ3) is 2.34. The summed E-state index contributed by atoms with van der Waals surface area (Å²) in [6.45, 7) is 2.07. The van der Waals surface area contributed by atoms with Crippen molar-refractivity contribution in [1.82, 2.24) is 0 Å². The fourth-order valence-electron chi connectivity index (χ4n) is 2.22. The van der Waals surface area contributed by atoms with E-state index in [1.54, 1.807) is 7.11 Å². The Morgan fingerprint density at radius 1 is 1.05 bits per heavy atom. The molecular weight excluding hydrogens is 236 g/mol. The Morgan fingerprint density at radius 2 is 1.84 bits per heavy atom. The Hall–Kier alpha value is -2.22. The maximum atomic E-state index is 6.04. The van der Waals surface area contributed by atoms with Gasteiger partial charge in [-0.2, -0.15) is 0 Å². The van der Waals surface area contributed by atoms with Gasteiger partial charge in [-0.3, -0.25) is 0 Å². The molecule has 0 fully saturated rings. The quantitative estimate of drug-likeness (QED) is 0.799. The summed E-state index contributed by atoms with van der Waals surface area (Å²) in [7, 11) is 1.67. The molecule has 0 aromatic heterocycles. The molecule has 1 heterocycles. The van der Waals surface area contributed by atoms with Crippen LogP contribution in [-0.4, -0.2) is 7.11 Å². The second-order valence-electron chi connectivity index (χ2n) is 4.71. The number of hydrogen-bond acceptors (Lipinski definition) is 2. The van der Waals surface area contributed by atoms with Crippen molar-refractivity contribution in [3.63, 3.8) is 0 Å². The van der Waals surface area contributed by atoms with E-state index in [2.05, 4.69) is 37.3 Å². The van der Waals surface area contributed by atoms with Crippen LogP contribution < -0.4 is 9.47 Å². The topological polar surface area (TPSA) is 18.5 Å². The smallest absolute Gasteiger partial charge is 0.142 e. The fourth-order valence-corrected chi connectivity index (χ4v) is 2.22. The van der Waals surface area contributed by atoms with Gasteiger partial charge in [-0.15, -0.1) is 0 Å². The molecule has 3 rings (SSSR count). The zero-order valence-electron chi connectivity index (χ0n) is 11.1. The predicted octanol–water partition coefficient (Wildman–Crippen LogP) is 4.15. The lowest BCUT2D eigenvalue weighted by Crippen LogP contribution is -2.08. The summed E-state index contributed by atoms with van der Waals surface area (Å²) in [5, 5.41) is 0. The van der Waals surface area contributed by atoms with E-state index in [-0.39, 0.29) is 6.10 Å². The predicted molar refractivity (Wildman–Crippen MR) is 76.6 cm³/mol. The van der Waals surface area contributed by atoms with Crippen LogP contribution in [0.5, 0.6) is 11.5 Å². The van der Waals surface area contributed by atoms with E-state index >= 15 is 0 Å². The number of methoxy groups -OCH3 is 1. The van der Waals surface area contributed by atoms with Crippen LogP contribution >= 0.6 is 0 Å². The average molecular weight is 252 g/mol. The first-order chi connectivity index (χ1) is 9.26. The van der Waals surface area contributed by atoms with Gasteiger partial charge in [0.25, 0.3) is 0 Å². The Bertz CT molecular complexity index is 612. The fraction of sp³-hybridized carbons (Fsp3) is 0.176. The summed E-state index contributed by atoms with van der Waals surface area (Å²) < 4.78 is 11.2. The molecular formula is C17H16O2. The molecule has 1 atom stereocenters. The van der Waals surface area contributed by atoms with Crippen molar-refractivity contribution in [1.29, 1.82) is 0 Å². The van der Waals surface area contributed by atoms with Crippen LogP contribution in [0.3, 0.4) is 0 Å². The van der Waals surface area contributed by atoms with Crippen LogP contribution in [0.2, 0.25) is 0 Å². The van der Waals surface area contributed by atoms with Gasteiger partial charge in [0, 0.05) is 5.56 Å². The average Bonchev–Trinajstić information content (AvgIpc) is 2.46. The van der Waals surface area contributed by atoms with Crippen LogP contribution in [0.1, 0.15) is 22.8 Å². The molecule has 1 aliphatic heterocycles. The lowest BCUT2D eigenvalue weighted by Gasteiger charge is -2.22. The van der Waals surface area contributed by atoms with Crippen LogP contribution in [0.4, 0.5) is 0 Å². The third-order valence-corrected chi connectivity index (χ3v) is 3.32. The van der Waals surface area contributed by atoms with Crippen LogP contribution in [-0.2, 0) is 0 Å². The molecule has 2 aromatic carbocycles. The highest BCUT2D eigenvalue weighted by molar-refractivity contribution is 5.61. The first-order valence-electron chi connectivity index (χ1n) is 6.36. The second kappa shape index (κ2) is 4.81.